The molecule has 0 saturated carbocycles. The van der Waals surface area contributed by atoms with E-state index in [9.17, 15) is 20.4 Å². The van der Waals surface area contributed by atoms with Gasteiger partial charge in [-0.15, -0.1) is 0 Å². The molecule has 18 heavy (non-hydrogen) atoms. The molecule has 0 aliphatic rings. The number of hydrogen-bond acceptors (Lipinski definition) is 5. The minimum Gasteiger partial charge on any atom is -0.508 e. The summed E-state index contributed by atoms with van der Waals surface area (Å²) in [7, 11) is 5.42. The fourth-order valence-corrected chi connectivity index (χ4v) is 1.64. The van der Waals surface area contributed by atoms with Crippen LogP contribution >= 0.6 is 0 Å². The summed E-state index contributed by atoms with van der Waals surface area (Å²) in [6.45, 7) is 0. The molecule has 0 saturated heterocycles. The summed E-state index contributed by atoms with van der Waals surface area (Å²) in [5.74, 6) is -2.70. The number of aromatic hydroxyl groups is 4. The van der Waals surface area contributed by atoms with Gasteiger partial charge in [0, 0.05) is 5.69 Å². The van der Waals surface area contributed by atoms with E-state index in [0.29, 0.717) is 11.3 Å². The van der Waals surface area contributed by atoms with E-state index < -0.39 is 28.5 Å². The van der Waals surface area contributed by atoms with Crippen LogP contribution in [0, 0.1) is 0 Å². The lowest BCUT2D eigenvalue weighted by Crippen LogP contribution is -2.05. The van der Waals surface area contributed by atoms with Gasteiger partial charge in [-0.2, -0.15) is 0 Å². The van der Waals surface area contributed by atoms with E-state index in [1.807, 2.05) is 0 Å². The molecule has 90 valence electrons. The molecule has 0 fully saturated rings. The van der Waals surface area contributed by atoms with Crippen molar-refractivity contribution >= 4 is 19.0 Å². The molecule has 0 atom stereocenters. The average Bonchev–Trinajstić information content (AvgIpc) is 2.36. The van der Waals surface area contributed by atoms with Crippen LogP contribution in [0.25, 0.3) is 11.1 Å². The maximum atomic E-state index is 9.82. The Labute approximate surface area is 104 Å². The molecule has 5 nitrogen and oxygen atoms in total. The van der Waals surface area contributed by atoms with Gasteiger partial charge in [0.1, 0.15) is 13.6 Å². The molecule has 6 heteroatoms. The van der Waals surface area contributed by atoms with E-state index in [1.54, 1.807) is 24.3 Å². The van der Waals surface area contributed by atoms with Gasteiger partial charge in [0.25, 0.3) is 0 Å². The van der Waals surface area contributed by atoms with E-state index >= 15 is 0 Å². The van der Waals surface area contributed by atoms with Gasteiger partial charge in [-0.05, 0) is 23.2 Å². The third kappa shape index (κ3) is 1.68. The van der Waals surface area contributed by atoms with Gasteiger partial charge in [0.2, 0.25) is 5.75 Å². The maximum absolute atomic E-state index is 9.82. The van der Waals surface area contributed by atoms with E-state index in [2.05, 4.69) is 0 Å². The van der Waals surface area contributed by atoms with Crippen molar-refractivity contribution in [3.63, 3.8) is 0 Å². The fraction of sp³-hybridized carbons (Fsp3) is 0. The Morgan fingerprint density at radius 1 is 0.778 bits per heavy atom. The Morgan fingerprint density at radius 2 is 1.33 bits per heavy atom. The largest absolute Gasteiger partial charge is 0.508 e. The van der Waals surface area contributed by atoms with Crippen molar-refractivity contribution in [2.45, 2.75) is 0 Å². The van der Waals surface area contributed by atoms with Gasteiger partial charge in [0.05, 0.1) is 5.56 Å². The van der Waals surface area contributed by atoms with Crippen LogP contribution in [0.2, 0.25) is 0 Å². The van der Waals surface area contributed by atoms with Gasteiger partial charge in [-0.3, -0.25) is 0 Å². The van der Waals surface area contributed by atoms with E-state index in [-0.39, 0.29) is 5.56 Å². The first-order valence-electron chi connectivity index (χ1n) is 5.04. The average molecular weight is 243 g/mol. The van der Waals surface area contributed by atoms with Gasteiger partial charge >= 0.3 is 0 Å². The molecule has 2 rings (SSSR count). The minimum absolute atomic E-state index is 0.0669. The van der Waals surface area contributed by atoms with Gasteiger partial charge in [-0.25, -0.2) is 0 Å². The van der Waals surface area contributed by atoms with Crippen LogP contribution in [-0.4, -0.2) is 28.3 Å². The Kier molecular flexibility index (Phi) is 2.71. The lowest BCUT2D eigenvalue weighted by atomic mass is 9.88. The predicted molar refractivity (Wildman–Crippen MR) is 68.3 cm³/mol. The van der Waals surface area contributed by atoms with E-state index in [0.717, 1.165) is 0 Å². The monoisotopic (exact) mass is 243 g/mol. The topological polar surface area (TPSA) is 107 Å². The normalized spacial score (nSPS) is 10.4. The molecule has 0 unspecified atom stereocenters. The second kappa shape index (κ2) is 4.07. The molecular weight excluding hydrogens is 233 g/mol. The first kappa shape index (κ1) is 12.0. The SMILES string of the molecule is [B]c1c(O)c(O)c(O)c(-c2ccc(N)cc2)c1O. The van der Waals surface area contributed by atoms with Crippen LogP contribution < -0.4 is 11.2 Å². The Morgan fingerprint density at radius 3 is 1.89 bits per heavy atom. The molecule has 0 bridgehead atoms. The number of phenolic OH excluding ortho intramolecular Hbond substituents is 4. The first-order chi connectivity index (χ1) is 8.43. The number of hydrogen-bond donors (Lipinski definition) is 5. The predicted octanol–water partition coefficient (Wildman–Crippen LogP) is 0.552. The van der Waals surface area contributed by atoms with Gasteiger partial charge < -0.3 is 26.2 Å². The van der Waals surface area contributed by atoms with Crippen molar-refractivity contribution in [2.75, 3.05) is 5.73 Å². The number of phenols is 4. The zero-order valence-electron chi connectivity index (χ0n) is 9.25. The lowest BCUT2D eigenvalue weighted by molar-refractivity contribution is 0.365. The van der Waals surface area contributed by atoms with E-state index in [4.69, 9.17) is 13.6 Å². The maximum Gasteiger partial charge on any atom is 0.200 e. The molecule has 0 spiro atoms. The first-order valence-corrected chi connectivity index (χ1v) is 5.04. The van der Waals surface area contributed by atoms with Crippen molar-refractivity contribution < 1.29 is 20.4 Å². The van der Waals surface area contributed by atoms with Crippen molar-refractivity contribution in [1.82, 2.24) is 0 Å². The second-order valence-corrected chi connectivity index (χ2v) is 3.81. The van der Waals surface area contributed by atoms with Crippen LogP contribution in [0.1, 0.15) is 0 Å². The second-order valence-electron chi connectivity index (χ2n) is 3.81. The Hall–Kier alpha value is -2.50. The Balaban J connectivity index is 2.75. The highest BCUT2D eigenvalue weighted by molar-refractivity contribution is 6.37. The summed E-state index contributed by atoms with van der Waals surface area (Å²) in [5, 5.41) is 38.4. The van der Waals surface area contributed by atoms with E-state index in [1.165, 1.54) is 0 Å². The van der Waals surface area contributed by atoms with Gasteiger partial charge in [-0.1, -0.05) is 12.1 Å². The molecule has 6 N–H and O–H groups in total. The number of rotatable bonds is 1. The molecule has 0 amide bonds. The number of nitrogens with two attached hydrogens (primary N) is 1. The quantitative estimate of drug-likeness (QED) is 0.217. The number of benzene rings is 2. The third-order valence-corrected chi connectivity index (χ3v) is 2.63. The van der Waals surface area contributed by atoms with Crippen molar-refractivity contribution in [3.8, 4) is 34.1 Å². The van der Waals surface area contributed by atoms with Crippen LogP contribution in [-0.2, 0) is 0 Å². The Bertz CT molecular complexity index is 581. The standard InChI is InChI=1S/C12H10BNO4/c13-8-9(15)7(10(16)12(18)11(8)17)5-1-3-6(14)4-2-5/h1-4,15-18H,14H2. The van der Waals surface area contributed by atoms with Crippen molar-refractivity contribution in [2.24, 2.45) is 0 Å². The zero-order valence-corrected chi connectivity index (χ0v) is 9.25. The molecule has 2 radical (unpaired) electrons. The third-order valence-electron chi connectivity index (χ3n) is 2.63. The minimum atomic E-state index is -0.780. The van der Waals surface area contributed by atoms with Crippen LogP contribution in [0.5, 0.6) is 23.0 Å². The van der Waals surface area contributed by atoms with Crippen LogP contribution in [0.3, 0.4) is 0 Å². The molecule has 0 aliphatic heterocycles. The summed E-state index contributed by atoms with van der Waals surface area (Å²) in [6, 6.07) is 6.21. The zero-order chi connectivity index (χ0) is 13.4. The summed E-state index contributed by atoms with van der Waals surface area (Å²) >= 11 is 0. The fourth-order valence-electron chi connectivity index (χ4n) is 1.64. The highest BCUT2D eigenvalue weighted by atomic mass is 16.3. The highest BCUT2D eigenvalue weighted by Gasteiger charge is 2.21. The summed E-state index contributed by atoms with van der Waals surface area (Å²) in [4.78, 5) is 0. The van der Waals surface area contributed by atoms with Crippen molar-refractivity contribution in [1.29, 1.82) is 0 Å². The van der Waals surface area contributed by atoms with Gasteiger partial charge in [0.15, 0.2) is 11.5 Å². The summed E-state index contributed by atoms with van der Waals surface area (Å²) in [5.41, 5.74) is 5.97. The lowest BCUT2D eigenvalue weighted by Gasteiger charge is -2.14. The summed E-state index contributed by atoms with van der Waals surface area (Å²) in [6.07, 6.45) is 0. The van der Waals surface area contributed by atoms with Crippen LogP contribution in [0.15, 0.2) is 24.3 Å². The molecule has 2 aromatic rings. The highest BCUT2D eigenvalue weighted by Crippen LogP contribution is 2.46. The number of anilines is 1. The van der Waals surface area contributed by atoms with Crippen LogP contribution in [0.4, 0.5) is 5.69 Å². The number of nitrogen functional groups attached to an aromatic ring is 1. The smallest absolute Gasteiger partial charge is 0.200 e. The molecule has 0 aliphatic carbocycles. The molecule has 2 aromatic carbocycles. The molecule has 0 aromatic heterocycles. The molecular formula is C12H10BNO4. The van der Waals surface area contributed by atoms with Crippen molar-refractivity contribution in [3.05, 3.63) is 24.3 Å². The molecule has 0 heterocycles. The summed E-state index contributed by atoms with van der Waals surface area (Å²) < 4.78 is 0.